The van der Waals surface area contributed by atoms with E-state index in [1.807, 2.05) is 0 Å². The van der Waals surface area contributed by atoms with Gasteiger partial charge in [0.05, 0.1) is 6.54 Å². The highest BCUT2D eigenvalue weighted by Crippen LogP contribution is 2.14. The van der Waals surface area contributed by atoms with Gasteiger partial charge >= 0.3 is 0 Å². The van der Waals surface area contributed by atoms with Crippen LogP contribution in [-0.2, 0) is 4.79 Å². The predicted octanol–water partition coefficient (Wildman–Crippen LogP) is -0.978. The van der Waals surface area contributed by atoms with Crippen molar-refractivity contribution < 1.29 is 4.79 Å². The summed E-state index contributed by atoms with van der Waals surface area (Å²) in [5.41, 5.74) is 10.6. The SMILES string of the molecule is CNc1cc(N(C)CC(N)=O)nc(N)n1. The van der Waals surface area contributed by atoms with Crippen LogP contribution in [0.15, 0.2) is 6.07 Å². The second-order valence-electron chi connectivity index (χ2n) is 3.04. The van der Waals surface area contributed by atoms with Crippen LogP contribution in [-0.4, -0.2) is 36.5 Å². The smallest absolute Gasteiger partial charge is 0.236 e. The normalized spacial score (nSPS) is 9.73. The Hall–Kier alpha value is -2.05. The number of nitrogen functional groups attached to an aromatic ring is 1. The monoisotopic (exact) mass is 210 g/mol. The molecule has 0 saturated heterocycles. The van der Waals surface area contributed by atoms with Gasteiger partial charge in [0.25, 0.3) is 0 Å². The van der Waals surface area contributed by atoms with Gasteiger partial charge in [-0.05, 0) is 0 Å². The summed E-state index contributed by atoms with van der Waals surface area (Å²) >= 11 is 0. The van der Waals surface area contributed by atoms with E-state index in [4.69, 9.17) is 11.5 Å². The van der Waals surface area contributed by atoms with E-state index >= 15 is 0 Å². The molecule has 1 amide bonds. The van der Waals surface area contributed by atoms with Gasteiger partial charge in [-0.2, -0.15) is 9.97 Å². The largest absolute Gasteiger partial charge is 0.373 e. The van der Waals surface area contributed by atoms with Gasteiger partial charge in [0.1, 0.15) is 11.6 Å². The second kappa shape index (κ2) is 4.45. The van der Waals surface area contributed by atoms with Gasteiger partial charge in [-0.15, -0.1) is 0 Å². The molecule has 0 aliphatic heterocycles. The van der Waals surface area contributed by atoms with Crippen LogP contribution in [0, 0.1) is 0 Å². The topological polar surface area (TPSA) is 110 Å². The lowest BCUT2D eigenvalue weighted by Crippen LogP contribution is -2.31. The van der Waals surface area contributed by atoms with Crippen LogP contribution in [0.25, 0.3) is 0 Å². The first-order valence-electron chi connectivity index (χ1n) is 4.34. The van der Waals surface area contributed by atoms with Crippen LogP contribution in [0.5, 0.6) is 0 Å². The van der Waals surface area contributed by atoms with Crippen LogP contribution in [0.1, 0.15) is 0 Å². The lowest BCUT2D eigenvalue weighted by atomic mass is 10.4. The standard InChI is InChI=1S/C8H14N6O/c1-11-6-3-7(13-8(10)12-6)14(2)4-5(9)15/h3H,4H2,1-2H3,(H2,9,15)(H3,10,11,12,13). The molecule has 0 atom stereocenters. The Labute approximate surface area is 87.5 Å². The fraction of sp³-hybridized carbons (Fsp3) is 0.375. The van der Waals surface area contributed by atoms with E-state index in [0.717, 1.165) is 0 Å². The maximum Gasteiger partial charge on any atom is 0.236 e. The summed E-state index contributed by atoms with van der Waals surface area (Å²) in [5.74, 6) is 0.855. The van der Waals surface area contributed by atoms with E-state index < -0.39 is 5.91 Å². The zero-order chi connectivity index (χ0) is 11.4. The lowest BCUT2D eigenvalue weighted by Gasteiger charge is -2.16. The zero-order valence-electron chi connectivity index (χ0n) is 8.69. The zero-order valence-corrected chi connectivity index (χ0v) is 8.69. The molecule has 0 unspecified atom stereocenters. The highest BCUT2D eigenvalue weighted by atomic mass is 16.1. The van der Waals surface area contributed by atoms with Crippen LogP contribution in [0.4, 0.5) is 17.6 Å². The van der Waals surface area contributed by atoms with Crippen molar-refractivity contribution in [2.24, 2.45) is 5.73 Å². The maximum absolute atomic E-state index is 10.7. The fourth-order valence-corrected chi connectivity index (χ4v) is 1.09. The van der Waals surface area contributed by atoms with Crippen LogP contribution >= 0.6 is 0 Å². The summed E-state index contributed by atoms with van der Waals surface area (Å²) in [4.78, 5) is 20.2. The molecule has 82 valence electrons. The number of nitrogens with two attached hydrogens (primary N) is 2. The molecule has 0 aliphatic carbocycles. The Balaban J connectivity index is 2.92. The number of aromatic nitrogens is 2. The number of primary amides is 1. The first kappa shape index (κ1) is 11.0. The number of hydrogen-bond acceptors (Lipinski definition) is 6. The minimum absolute atomic E-state index is 0.0829. The Morgan fingerprint density at radius 2 is 2.27 bits per heavy atom. The minimum Gasteiger partial charge on any atom is -0.373 e. The number of carbonyl (C=O) groups is 1. The van der Waals surface area contributed by atoms with Gasteiger partial charge in [0.15, 0.2) is 0 Å². The van der Waals surface area contributed by atoms with E-state index in [2.05, 4.69) is 15.3 Å². The van der Waals surface area contributed by atoms with Crippen molar-refractivity contribution in [2.75, 3.05) is 36.6 Å². The van der Waals surface area contributed by atoms with Crippen molar-refractivity contribution in [3.8, 4) is 0 Å². The van der Waals surface area contributed by atoms with Crippen LogP contribution < -0.4 is 21.7 Å². The Bertz CT molecular complexity index is 366. The molecule has 0 bridgehead atoms. The Morgan fingerprint density at radius 3 is 2.80 bits per heavy atom. The summed E-state index contributed by atoms with van der Waals surface area (Å²) in [6.45, 7) is 0.0829. The summed E-state index contributed by atoms with van der Waals surface area (Å²) < 4.78 is 0. The molecule has 7 nitrogen and oxygen atoms in total. The van der Waals surface area contributed by atoms with Crippen molar-refractivity contribution in [3.63, 3.8) is 0 Å². The third-order valence-corrected chi connectivity index (χ3v) is 1.77. The van der Waals surface area contributed by atoms with Gasteiger partial charge in [-0.25, -0.2) is 0 Å². The molecule has 0 aliphatic rings. The number of rotatable bonds is 4. The van der Waals surface area contributed by atoms with E-state index in [1.54, 1.807) is 25.1 Å². The van der Waals surface area contributed by atoms with Gasteiger partial charge in [0, 0.05) is 20.2 Å². The summed E-state index contributed by atoms with van der Waals surface area (Å²) in [5, 5.41) is 2.84. The molecule has 0 saturated carbocycles. The molecule has 1 rings (SSSR count). The van der Waals surface area contributed by atoms with Crippen LogP contribution in [0.3, 0.4) is 0 Å². The van der Waals surface area contributed by atoms with Gasteiger partial charge < -0.3 is 21.7 Å². The lowest BCUT2D eigenvalue weighted by molar-refractivity contribution is -0.116. The molecule has 1 aromatic rings. The first-order valence-corrected chi connectivity index (χ1v) is 4.34. The summed E-state index contributed by atoms with van der Waals surface area (Å²) in [6, 6.07) is 1.68. The number of anilines is 3. The van der Waals surface area contributed by atoms with E-state index in [9.17, 15) is 4.79 Å². The molecule has 1 heterocycles. The number of hydrogen-bond donors (Lipinski definition) is 3. The molecule has 7 heteroatoms. The summed E-state index contributed by atoms with van der Waals surface area (Å²) in [6.07, 6.45) is 0. The second-order valence-corrected chi connectivity index (χ2v) is 3.04. The molecule has 0 spiro atoms. The number of carbonyl (C=O) groups excluding carboxylic acids is 1. The van der Waals surface area contributed by atoms with Crippen molar-refractivity contribution in [1.29, 1.82) is 0 Å². The molecular formula is C8H14N6O. The van der Waals surface area contributed by atoms with Gasteiger partial charge in [0.2, 0.25) is 11.9 Å². The average Bonchev–Trinajstić information content (AvgIpc) is 2.15. The van der Waals surface area contributed by atoms with Gasteiger partial charge in [-0.3, -0.25) is 4.79 Å². The fourth-order valence-electron chi connectivity index (χ4n) is 1.09. The molecule has 0 radical (unpaired) electrons. The quantitative estimate of drug-likeness (QED) is 0.589. The summed E-state index contributed by atoms with van der Waals surface area (Å²) in [7, 11) is 3.42. The third kappa shape index (κ3) is 2.97. The molecule has 15 heavy (non-hydrogen) atoms. The molecule has 1 aromatic heterocycles. The Kier molecular flexibility index (Phi) is 3.27. The molecule has 5 N–H and O–H groups in total. The van der Waals surface area contributed by atoms with Crippen molar-refractivity contribution in [3.05, 3.63) is 6.07 Å². The maximum atomic E-state index is 10.7. The number of likely N-dealkylation sites (N-methyl/N-ethyl adjacent to an activating group) is 1. The van der Waals surface area contributed by atoms with E-state index in [1.165, 1.54) is 0 Å². The molecule has 0 fully saturated rings. The number of amides is 1. The third-order valence-electron chi connectivity index (χ3n) is 1.77. The number of nitrogens with zero attached hydrogens (tertiary/aromatic N) is 3. The van der Waals surface area contributed by atoms with Crippen molar-refractivity contribution in [1.82, 2.24) is 9.97 Å². The predicted molar refractivity (Wildman–Crippen MR) is 58.5 cm³/mol. The Morgan fingerprint density at radius 1 is 1.60 bits per heavy atom. The van der Waals surface area contributed by atoms with E-state index in [-0.39, 0.29) is 12.5 Å². The van der Waals surface area contributed by atoms with Gasteiger partial charge in [-0.1, -0.05) is 0 Å². The molecular weight excluding hydrogens is 196 g/mol. The highest BCUT2D eigenvalue weighted by Gasteiger charge is 2.08. The molecule has 0 aromatic carbocycles. The van der Waals surface area contributed by atoms with Crippen molar-refractivity contribution in [2.45, 2.75) is 0 Å². The van der Waals surface area contributed by atoms with Crippen molar-refractivity contribution >= 4 is 23.5 Å². The number of nitrogens with one attached hydrogen (secondary N) is 1. The minimum atomic E-state index is -0.430. The van der Waals surface area contributed by atoms with Crippen LogP contribution in [0.2, 0.25) is 0 Å². The average molecular weight is 210 g/mol. The first-order chi connectivity index (χ1) is 7.02. The highest BCUT2D eigenvalue weighted by molar-refractivity contribution is 5.79. The van der Waals surface area contributed by atoms with E-state index in [0.29, 0.717) is 11.6 Å².